The monoisotopic (exact) mass is 326 g/mol. The third kappa shape index (κ3) is 3.74. The van der Waals surface area contributed by atoms with Crippen molar-refractivity contribution in [2.75, 3.05) is 26.7 Å². The van der Waals surface area contributed by atoms with Crippen molar-refractivity contribution in [2.45, 2.75) is 59.3 Å². The number of likely N-dealkylation sites (tertiary alicyclic amines) is 1. The first-order valence-corrected chi connectivity index (χ1v) is 9.99. The molecule has 2 aliphatic carbocycles. The number of allylic oxidation sites excluding steroid dienone is 5. The molecule has 132 valence electrons. The van der Waals surface area contributed by atoms with Crippen molar-refractivity contribution in [3.05, 3.63) is 34.4 Å². The number of aliphatic imine (C=N–C) groups is 1. The van der Waals surface area contributed by atoms with Gasteiger partial charge in [-0.15, -0.1) is 0 Å². The maximum absolute atomic E-state index is 4.79. The highest BCUT2D eigenvalue weighted by Gasteiger charge is 2.32. The molecule has 0 bridgehead atoms. The average molecular weight is 327 g/mol. The summed E-state index contributed by atoms with van der Waals surface area (Å²) in [6, 6.07) is 0. The minimum absolute atomic E-state index is 0.548. The summed E-state index contributed by atoms with van der Waals surface area (Å²) in [5.74, 6) is 1.34. The van der Waals surface area contributed by atoms with E-state index < -0.39 is 0 Å². The van der Waals surface area contributed by atoms with E-state index in [-0.39, 0.29) is 0 Å². The Morgan fingerprint density at radius 3 is 2.42 bits per heavy atom. The highest BCUT2D eigenvalue weighted by Crippen LogP contribution is 2.43. The number of hydrogen-bond donors (Lipinski definition) is 0. The van der Waals surface area contributed by atoms with Gasteiger partial charge < -0.3 is 0 Å². The van der Waals surface area contributed by atoms with Crippen LogP contribution in [0.15, 0.2) is 39.4 Å². The van der Waals surface area contributed by atoms with Crippen LogP contribution in [0.2, 0.25) is 0 Å². The normalized spacial score (nSPS) is 26.6. The number of hydrogen-bond acceptors (Lipinski definition) is 2. The van der Waals surface area contributed by atoms with Crippen LogP contribution in [0.1, 0.15) is 59.3 Å². The largest absolute Gasteiger partial charge is 0.299 e. The molecule has 1 saturated carbocycles. The lowest BCUT2D eigenvalue weighted by Gasteiger charge is -2.30. The van der Waals surface area contributed by atoms with Crippen LogP contribution in [0.4, 0.5) is 0 Å². The Hall–Kier alpha value is -1.15. The summed E-state index contributed by atoms with van der Waals surface area (Å²) in [6.45, 7) is 10.6. The molecule has 0 amide bonds. The molecule has 0 spiro atoms. The second kappa shape index (κ2) is 7.82. The predicted octanol–water partition coefficient (Wildman–Crippen LogP) is 5.18. The lowest BCUT2D eigenvalue weighted by Crippen LogP contribution is -2.32. The SMILES string of the molecule is CC/C(CN1CCCCC1)=C1/C=CC(C2CC2)=C(C(C)C)C1=NC. The molecule has 2 nitrogen and oxygen atoms in total. The van der Waals surface area contributed by atoms with E-state index in [9.17, 15) is 0 Å². The van der Waals surface area contributed by atoms with Crippen LogP contribution in [0.3, 0.4) is 0 Å². The summed E-state index contributed by atoms with van der Waals surface area (Å²) >= 11 is 0. The molecule has 1 saturated heterocycles. The lowest BCUT2D eigenvalue weighted by molar-refractivity contribution is 0.245. The Morgan fingerprint density at radius 1 is 1.17 bits per heavy atom. The summed E-state index contributed by atoms with van der Waals surface area (Å²) < 4.78 is 0. The van der Waals surface area contributed by atoms with Gasteiger partial charge in [-0.3, -0.25) is 9.89 Å². The van der Waals surface area contributed by atoms with Gasteiger partial charge in [0.05, 0.1) is 5.71 Å². The van der Waals surface area contributed by atoms with Crippen LogP contribution in [0, 0.1) is 11.8 Å². The maximum Gasteiger partial charge on any atom is 0.0680 e. The smallest absolute Gasteiger partial charge is 0.0680 e. The first-order valence-electron chi connectivity index (χ1n) is 9.99. The predicted molar refractivity (Wildman–Crippen MR) is 105 cm³/mol. The van der Waals surface area contributed by atoms with Crippen LogP contribution in [-0.2, 0) is 0 Å². The van der Waals surface area contributed by atoms with E-state index in [1.54, 1.807) is 11.1 Å². The van der Waals surface area contributed by atoms with E-state index in [4.69, 9.17) is 4.99 Å². The van der Waals surface area contributed by atoms with Crippen molar-refractivity contribution in [2.24, 2.45) is 16.8 Å². The van der Waals surface area contributed by atoms with Crippen LogP contribution in [-0.4, -0.2) is 37.3 Å². The second-order valence-corrected chi connectivity index (χ2v) is 7.91. The van der Waals surface area contributed by atoms with Gasteiger partial charge in [0.1, 0.15) is 0 Å². The van der Waals surface area contributed by atoms with Crippen molar-refractivity contribution >= 4 is 5.71 Å². The summed E-state index contributed by atoms with van der Waals surface area (Å²) in [5.41, 5.74) is 7.36. The van der Waals surface area contributed by atoms with Gasteiger partial charge in [0.25, 0.3) is 0 Å². The van der Waals surface area contributed by atoms with Gasteiger partial charge in [0, 0.05) is 19.2 Å². The van der Waals surface area contributed by atoms with E-state index >= 15 is 0 Å². The van der Waals surface area contributed by atoms with Crippen molar-refractivity contribution < 1.29 is 0 Å². The van der Waals surface area contributed by atoms with Gasteiger partial charge in [-0.1, -0.05) is 39.3 Å². The first-order chi connectivity index (χ1) is 11.7. The van der Waals surface area contributed by atoms with Crippen molar-refractivity contribution in [3.8, 4) is 0 Å². The summed E-state index contributed by atoms with van der Waals surface area (Å²) in [6.07, 6.45) is 12.8. The highest BCUT2D eigenvalue weighted by molar-refractivity contribution is 6.16. The fraction of sp³-hybridized carbons (Fsp3) is 0.682. The fourth-order valence-corrected chi connectivity index (χ4v) is 4.28. The van der Waals surface area contributed by atoms with E-state index in [2.05, 4.69) is 37.8 Å². The van der Waals surface area contributed by atoms with Crippen LogP contribution < -0.4 is 0 Å². The molecule has 0 unspecified atom stereocenters. The topological polar surface area (TPSA) is 15.6 Å². The average Bonchev–Trinajstić information content (AvgIpc) is 3.44. The summed E-state index contributed by atoms with van der Waals surface area (Å²) in [5, 5.41) is 0. The molecule has 1 heterocycles. The maximum atomic E-state index is 4.79. The van der Waals surface area contributed by atoms with Gasteiger partial charge in [-0.25, -0.2) is 0 Å². The lowest BCUT2D eigenvalue weighted by atomic mass is 9.81. The van der Waals surface area contributed by atoms with Gasteiger partial charge in [0.2, 0.25) is 0 Å². The van der Waals surface area contributed by atoms with Crippen LogP contribution in [0.5, 0.6) is 0 Å². The molecule has 0 aromatic heterocycles. The highest BCUT2D eigenvalue weighted by atomic mass is 15.1. The van der Waals surface area contributed by atoms with Gasteiger partial charge in [-0.05, 0) is 73.7 Å². The molecule has 2 fully saturated rings. The minimum atomic E-state index is 0.548. The zero-order valence-electron chi connectivity index (χ0n) is 16.1. The third-order valence-electron chi connectivity index (χ3n) is 5.74. The second-order valence-electron chi connectivity index (χ2n) is 7.91. The van der Waals surface area contributed by atoms with Gasteiger partial charge >= 0.3 is 0 Å². The standard InChI is InChI=1S/C22H34N2/c1-5-17(15-24-13-7-6-8-14-24)20-12-11-19(18-9-10-18)21(16(2)3)22(20)23-4/h11-12,16,18H,5-10,13-15H2,1-4H3/b20-17+,23-22?. The molecule has 0 aromatic carbocycles. The van der Waals surface area contributed by atoms with E-state index in [1.165, 1.54) is 62.1 Å². The molecule has 2 heteroatoms. The summed E-state index contributed by atoms with van der Waals surface area (Å²) in [4.78, 5) is 7.43. The number of rotatable bonds is 5. The minimum Gasteiger partial charge on any atom is -0.299 e. The quantitative estimate of drug-likeness (QED) is 0.679. The van der Waals surface area contributed by atoms with E-state index in [1.807, 2.05) is 7.05 Å². The Morgan fingerprint density at radius 2 is 1.88 bits per heavy atom. The van der Waals surface area contributed by atoms with E-state index in [0.29, 0.717) is 5.92 Å². The molecule has 0 N–H and O–H groups in total. The van der Waals surface area contributed by atoms with Crippen molar-refractivity contribution in [1.82, 2.24) is 4.90 Å². The molecule has 24 heavy (non-hydrogen) atoms. The van der Waals surface area contributed by atoms with Crippen molar-refractivity contribution in [1.29, 1.82) is 0 Å². The number of nitrogens with zero attached hydrogens (tertiary/aromatic N) is 2. The van der Waals surface area contributed by atoms with Crippen LogP contribution >= 0.6 is 0 Å². The fourth-order valence-electron chi connectivity index (χ4n) is 4.28. The van der Waals surface area contributed by atoms with Crippen molar-refractivity contribution in [3.63, 3.8) is 0 Å². The number of piperidine rings is 1. The molecular formula is C22H34N2. The molecule has 1 aliphatic heterocycles. The first kappa shape index (κ1) is 17.7. The van der Waals surface area contributed by atoms with Crippen LogP contribution in [0.25, 0.3) is 0 Å². The van der Waals surface area contributed by atoms with Gasteiger partial charge in [0.15, 0.2) is 0 Å². The zero-order chi connectivity index (χ0) is 17.1. The summed E-state index contributed by atoms with van der Waals surface area (Å²) in [7, 11) is 1.98. The Balaban J connectivity index is 1.92. The molecule has 0 radical (unpaired) electrons. The molecule has 0 aromatic rings. The molecule has 0 atom stereocenters. The Kier molecular flexibility index (Phi) is 5.76. The Labute approximate surface area is 148 Å². The zero-order valence-corrected chi connectivity index (χ0v) is 16.1. The molecule has 3 rings (SSSR count). The van der Waals surface area contributed by atoms with Gasteiger partial charge in [-0.2, -0.15) is 0 Å². The molecular weight excluding hydrogens is 292 g/mol. The third-order valence-corrected chi connectivity index (χ3v) is 5.74. The Bertz CT molecular complexity index is 579. The molecule has 3 aliphatic rings. The van der Waals surface area contributed by atoms with E-state index in [0.717, 1.165) is 18.9 Å².